The zero-order chi connectivity index (χ0) is 31.2. The normalized spacial score (nSPS) is 21.7. The summed E-state index contributed by atoms with van der Waals surface area (Å²) >= 11 is 0. The van der Waals surface area contributed by atoms with E-state index in [2.05, 4.69) is 20.8 Å². The maximum Gasteiger partial charge on any atom is 0.159 e. The number of ketones is 3. The van der Waals surface area contributed by atoms with Crippen molar-refractivity contribution in [1.82, 2.24) is 0 Å². The van der Waals surface area contributed by atoms with Crippen LogP contribution in [0.3, 0.4) is 0 Å². The number of rotatable bonds is 15. The molecule has 0 aromatic carbocycles. The predicted molar refractivity (Wildman–Crippen MR) is 172 cm³/mol. The number of carbonyl (C=O) groups excluding carboxylic acids is 3. The molecular weight excluding hydrogens is 584 g/mol. The monoisotopic (exact) mass is 644 g/mol. The van der Waals surface area contributed by atoms with Crippen LogP contribution in [0.1, 0.15) is 156 Å². The third-order valence-corrected chi connectivity index (χ3v) is 8.34. The van der Waals surface area contributed by atoms with Crippen LogP contribution in [0, 0.1) is 17.8 Å². The van der Waals surface area contributed by atoms with Gasteiger partial charge in [0.1, 0.15) is 0 Å². The molecule has 43 heavy (non-hydrogen) atoms. The number of hydrogen-bond donors (Lipinski definition) is 3. The largest absolute Gasteiger partial charge is 0.512 e. The van der Waals surface area contributed by atoms with Gasteiger partial charge in [-0.3, -0.25) is 14.4 Å². The van der Waals surface area contributed by atoms with Gasteiger partial charge in [0, 0.05) is 73.8 Å². The molecule has 0 saturated carbocycles. The molecule has 0 bridgehead atoms. The number of carbonyl (C=O) groups is 3. The van der Waals surface area contributed by atoms with Crippen molar-refractivity contribution in [2.45, 2.75) is 156 Å². The summed E-state index contributed by atoms with van der Waals surface area (Å²) < 4.78 is 0. The van der Waals surface area contributed by atoms with Crippen LogP contribution in [0.4, 0.5) is 0 Å². The molecule has 7 heteroatoms. The fourth-order valence-corrected chi connectivity index (χ4v) is 6.06. The molecule has 0 aliphatic heterocycles. The summed E-state index contributed by atoms with van der Waals surface area (Å²) in [6.07, 6.45) is 26.3. The summed E-state index contributed by atoms with van der Waals surface area (Å²) in [5, 5.41) is 27.9. The summed E-state index contributed by atoms with van der Waals surface area (Å²) in [6, 6.07) is 0. The zero-order valence-corrected chi connectivity index (χ0v) is 28.3. The summed E-state index contributed by atoms with van der Waals surface area (Å²) in [5.74, 6) is 2.29. The average molecular weight is 645 g/mol. The van der Waals surface area contributed by atoms with Gasteiger partial charge in [-0.1, -0.05) is 97.8 Å². The molecule has 3 aliphatic carbocycles. The van der Waals surface area contributed by atoms with Crippen LogP contribution in [-0.4, -0.2) is 32.7 Å². The van der Waals surface area contributed by atoms with Crippen LogP contribution < -0.4 is 0 Å². The minimum absolute atomic E-state index is 0. The molecule has 0 spiro atoms. The van der Waals surface area contributed by atoms with Crippen molar-refractivity contribution in [2.24, 2.45) is 17.8 Å². The molecule has 3 rings (SSSR count). The zero-order valence-electron chi connectivity index (χ0n) is 27.2. The van der Waals surface area contributed by atoms with Crippen molar-refractivity contribution in [2.75, 3.05) is 0 Å². The number of unbranched alkanes of at least 4 members (excludes halogenated alkanes) is 9. The number of hydrogen-bond acceptors (Lipinski definition) is 6. The molecule has 0 radical (unpaired) electrons. The van der Waals surface area contributed by atoms with Gasteiger partial charge < -0.3 is 15.3 Å². The van der Waals surface area contributed by atoms with Gasteiger partial charge in [0.05, 0.1) is 17.3 Å². The molecular formula is C36H60FeO6. The van der Waals surface area contributed by atoms with E-state index in [4.69, 9.17) is 0 Å². The van der Waals surface area contributed by atoms with Crippen molar-refractivity contribution < 1.29 is 46.8 Å². The van der Waals surface area contributed by atoms with Gasteiger partial charge in [-0.15, -0.1) is 0 Å². The summed E-state index contributed by atoms with van der Waals surface area (Å²) in [4.78, 5) is 33.4. The van der Waals surface area contributed by atoms with Crippen LogP contribution >= 0.6 is 0 Å². The maximum atomic E-state index is 11.1. The van der Waals surface area contributed by atoms with Crippen molar-refractivity contribution >= 4 is 17.3 Å². The average Bonchev–Trinajstić information content (AvgIpc) is 2.91. The molecule has 3 aliphatic rings. The topological polar surface area (TPSA) is 112 Å². The second-order valence-corrected chi connectivity index (χ2v) is 12.7. The Balaban J connectivity index is 0.000000608. The van der Waals surface area contributed by atoms with Crippen molar-refractivity contribution in [3.63, 3.8) is 0 Å². The van der Waals surface area contributed by atoms with E-state index >= 15 is 0 Å². The second kappa shape index (κ2) is 25.5. The van der Waals surface area contributed by atoms with Gasteiger partial charge in [0.25, 0.3) is 0 Å². The third kappa shape index (κ3) is 21.5. The van der Waals surface area contributed by atoms with E-state index in [-0.39, 0.29) is 51.7 Å². The molecule has 6 nitrogen and oxygen atoms in total. The Morgan fingerprint density at radius 2 is 0.721 bits per heavy atom. The second-order valence-electron chi connectivity index (χ2n) is 12.7. The third-order valence-electron chi connectivity index (χ3n) is 8.34. The van der Waals surface area contributed by atoms with E-state index < -0.39 is 0 Å². The quantitative estimate of drug-likeness (QED) is 0.121. The first kappa shape index (κ1) is 41.1. The Morgan fingerprint density at radius 3 is 0.930 bits per heavy atom. The first-order valence-corrected chi connectivity index (χ1v) is 16.9. The number of allylic oxidation sites excluding steroid dienone is 6. The van der Waals surface area contributed by atoms with Crippen molar-refractivity contribution in [3.05, 3.63) is 35.5 Å². The van der Waals surface area contributed by atoms with E-state index in [0.29, 0.717) is 56.3 Å². The molecule has 0 amide bonds. The standard InChI is InChI=1S/3C12H20O2.Fe/c3*1-2-3-4-5-6-10-7-11(13)9-12(14)8-10;/h3*9-10,13H,2-8H2,1H3;. The number of aliphatic hydroxyl groups excluding tert-OH is 3. The SMILES string of the molecule is CCCCCCC1CC(=O)C=C(O)C1.CCCCCCC1CC(=O)C=C(O)C1.CCCCCCC1CC(=O)C=C(O)C1.[Fe]. The van der Waals surface area contributed by atoms with Crippen LogP contribution in [0.5, 0.6) is 0 Å². The Labute approximate surface area is 272 Å². The molecule has 0 heterocycles. The van der Waals surface area contributed by atoms with Gasteiger partial charge >= 0.3 is 0 Å². The summed E-state index contributed by atoms with van der Waals surface area (Å²) in [7, 11) is 0. The Kier molecular flexibility index (Phi) is 24.4. The van der Waals surface area contributed by atoms with E-state index in [0.717, 1.165) is 19.3 Å². The molecule has 0 aromatic heterocycles. The first-order valence-electron chi connectivity index (χ1n) is 16.9. The van der Waals surface area contributed by atoms with Crippen LogP contribution in [-0.2, 0) is 31.5 Å². The molecule has 0 fully saturated rings. The molecule has 0 saturated heterocycles. The molecule has 248 valence electrons. The Bertz CT molecular complexity index is 776. The van der Waals surface area contributed by atoms with Gasteiger partial charge in [-0.2, -0.15) is 0 Å². The summed E-state index contributed by atoms with van der Waals surface area (Å²) in [5.41, 5.74) is 0. The van der Waals surface area contributed by atoms with Crippen LogP contribution in [0.15, 0.2) is 35.5 Å². The minimum Gasteiger partial charge on any atom is -0.512 e. The van der Waals surface area contributed by atoms with Gasteiger partial charge in [-0.05, 0) is 37.0 Å². The van der Waals surface area contributed by atoms with E-state index in [1.165, 1.54) is 95.3 Å². The van der Waals surface area contributed by atoms with Crippen molar-refractivity contribution in [3.8, 4) is 0 Å². The predicted octanol–water partition coefficient (Wildman–Crippen LogP) is 10.1. The van der Waals surface area contributed by atoms with Crippen LogP contribution in [0.2, 0.25) is 0 Å². The van der Waals surface area contributed by atoms with E-state index in [1.54, 1.807) is 0 Å². The van der Waals surface area contributed by atoms with E-state index in [9.17, 15) is 29.7 Å². The first-order chi connectivity index (χ1) is 20.2. The smallest absolute Gasteiger partial charge is 0.159 e. The minimum atomic E-state index is 0. The van der Waals surface area contributed by atoms with Gasteiger partial charge in [-0.25, -0.2) is 0 Å². The molecule has 3 N–H and O–H groups in total. The molecule has 0 aromatic rings. The maximum absolute atomic E-state index is 11.1. The fourth-order valence-electron chi connectivity index (χ4n) is 6.06. The fraction of sp³-hybridized carbons (Fsp3) is 0.750. The Morgan fingerprint density at radius 1 is 0.465 bits per heavy atom. The number of aliphatic hydroxyl groups is 3. The van der Waals surface area contributed by atoms with E-state index in [1.807, 2.05) is 0 Å². The summed E-state index contributed by atoms with van der Waals surface area (Å²) in [6.45, 7) is 6.58. The van der Waals surface area contributed by atoms with Crippen molar-refractivity contribution in [1.29, 1.82) is 0 Å². The molecule has 3 atom stereocenters. The molecule has 3 unspecified atom stereocenters. The van der Waals surface area contributed by atoms with Gasteiger partial charge in [0.2, 0.25) is 0 Å². The van der Waals surface area contributed by atoms with Gasteiger partial charge in [0.15, 0.2) is 17.3 Å². The Hall–Kier alpha value is -1.85. The van der Waals surface area contributed by atoms with Crippen LogP contribution in [0.25, 0.3) is 0 Å².